The smallest absolute Gasteiger partial charge is 0.411 e. The minimum atomic E-state index is -1.51. The lowest BCUT2D eigenvalue weighted by Crippen LogP contribution is -2.46. The van der Waals surface area contributed by atoms with Gasteiger partial charge in [0.1, 0.15) is 11.4 Å². The Morgan fingerprint density at radius 1 is 1.30 bits per heavy atom. The molecule has 0 saturated heterocycles. The zero-order valence-corrected chi connectivity index (χ0v) is 14.5. The number of carboxylic acids is 1. The Bertz CT molecular complexity index is 598. The van der Waals surface area contributed by atoms with Gasteiger partial charge in [0.05, 0.1) is 0 Å². The molecule has 0 fully saturated rings. The quantitative estimate of drug-likeness (QED) is 0.885. The first kappa shape index (κ1) is 19.2. The monoisotopic (exact) mass is 345 g/mol. The standard InChI is InChI=1S/C16H21ClFNO4/c1-9(2)19(15(22)23-16(3,4)5)13(14(20)21)11-7-6-10(17)8-12(11)18/h6-9,13H,1-5H3,(H,20,21). The maximum Gasteiger partial charge on any atom is 0.411 e. The summed E-state index contributed by atoms with van der Waals surface area (Å²) in [6, 6.07) is 1.63. The Kier molecular flexibility index (Phi) is 5.99. The first-order valence-electron chi connectivity index (χ1n) is 7.13. The van der Waals surface area contributed by atoms with Crippen LogP contribution in [-0.2, 0) is 9.53 Å². The summed E-state index contributed by atoms with van der Waals surface area (Å²) in [5.41, 5.74) is -0.951. The van der Waals surface area contributed by atoms with Gasteiger partial charge in [-0.2, -0.15) is 0 Å². The molecule has 5 nitrogen and oxygen atoms in total. The zero-order valence-electron chi connectivity index (χ0n) is 13.8. The van der Waals surface area contributed by atoms with Crippen molar-refractivity contribution in [2.75, 3.05) is 0 Å². The van der Waals surface area contributed by atoms with E-state index in [0.717, 1.165) is 11.0 Å². The lowest BCUT2D eigenvalue weighted by molar-refractivity contribution is -0.144. The second-order valence-electron chi connectivity index (χ2n) is 6.39. The van der Waals surface area contributed by atoms with Crippen LogP contribution in [0.3, 0.4) is 0 Å². The van der Waals surface area contributed by atoms with E-state index in [0.29, 0.717) is 0 Å². The van der Waals surface area contributed by atoms with Crippen LogP contribution in [0.2, 0.25) is 5.02 Å². The predicted octanol–water partition coefficient (Wildman–Crippen LogP) is 4.25. The molecule has 1 unspecified atom stereocenters. The van der Waals surface area contributed by atoms with E-state index in [2.05, 4.69) is 0 Å². The average molecular weight is 346 g/mol. The molecule has 1 aromatic carbocycles. The normalized spacial score (nSPS) is 12.9. The van der Waals surface area contributed by atoms with E-state index in [1.54, 1.807) is 34.6 Å². The molecule has 0 aromatic heterocycles. The predicted molar refractivity (Wildman–Crippen MR) is 85.0 cm³/mol. The fraction of sp³-hybridized carbons (Fsp3) is 0.500. The minimum Gasteiger partial charge on any atom is -0.479 e. The molecule has 1 aromatic rings. The van der Waals surface area contributed by atoms with Gasteiger partial charge in [0.25, 0.3) is 0 Å². The van der Waals surface area contributed by atoms with Gasteiger partial charge in [-0.05, 0) is 46.8 Å². The number of halogens is 2. The highest BCUT2D eigenvalue weighted by atomic mass is 35.5. The van der Waals surface area contributed by atoms with Crippen molar-refractivity contribution in [3.05, 3.63) is 34.6 Å². The summed E-state index contributed by atoms with van der Waals surface area (Å²) in [6.07, 6.45) is -0.825. The SMILES string of the molecule is CC(C)N(C(=O)OC(C)(C)C)C(C(=O)O)c1ccc(Cl)cc1F. The summed E-state index contributed by atoms with van der Waals surface area (Å²) in [5, 5.41) is 9.68. The van der Waals surface area contributed by atoms with Crippen LogP contribution in [0.5, 0.6) is 0 Å². The van der Waals surface area contributed by atoms with E-state index >= 15 is 0 Å². The number of aliphatic carboxylic acids is 1. The number of carbonyl (C=O) groups is 2. The van der Waals surface area contributed by atoms with E-state index in [1.807, 2.05) is 0 Å². The molecule has 0 spiro atoms. The van der Waals surface area contributed by atoms with E-state index in [4.69, 9.17) is 16.3 Å². The summed E-state index contributed by atoms with van der Waals surface area (Å²) >= 11 is 5.70. The second kappa shape index (κ2) is 7.17. The van der Waals surface area contributed by atoms with Gasteiger partial charge in [-0.15, -0.1) is 0 Å². The van der Waals surface area contributed by atoms with Gasteiger partial charge in [-0.3, -0.25) is 4.90 Å². The Morgan fingerprint density at radius 2 is 1.87 bits per heavy atom. The summed E-state index contributed by atoms with van der Waals surface area (Å²) < 4.78 is 19.4. The summed E-state index contributed by atoms with van der Waals surface area (Å²) in [7, 11) is 0. The minimum absolute atomic E-state index is 0.142. The number of nitrogens with zero attached hydrogens (tertiary/aromatic N) is 1. The molecule has 0 aliphatic rings. The van der Waals surface area contributed by atoms with Crippen LogP contribution in [0.15, 0.2) is 18.2 Å². The van der Waals surface area contributed by atoms with E-state index < -0.39 is 35.6 Å². The molecular weight excluding hydrogens is 325 g/mol. The topological polar surface area (TPSA) is 66.8 Å². The molecule has 128 valence electrons. The molecule has 7 heteroatoms. The van der Waals surface area contributed by atoms with Gasteiger partial charge in [0.2, 0.25) is 0 Å². The summed E-state index contributed by atoms with van der Waals surface area (Å²) in [6.45, 7) is 8.27. The van der Waals surface area contributed by atoms with Crippen molar-refractivity contribution < 1.29 is 23.8 Å². The molecule has 0 heterocycles. The first-order valence-corrected chi connectivity index (χ1v) is 7.51. The van der Waals surface area contributed by atoms with Crippen molar-refractivity contribution in [1.29, 1.82) is 0 Å². The van der Waals surface area contributed by atoms with Crippen LogP contribution < -0.4 is 0 Å². The number of hydrogen-bond donors (Lipinski definition) is 1. The Balaban J connectivity index is 3.33. The molecule has 1 N–H and O–H groups in total. The molecule has 1 rings (SSSR count). The number of hydrogen-bond acceptors (Lipinski definition) is 3. The van der Waals surface area contributed by atoms with Gasteiger partial charge in [-0.25, -0.2) is 14.0 Å². The van der Waals surface area contributed by atoms with Crippen molar-refractivity contribution in [3.8, 4) is 0 Å². The van der Waals surface area contributed by atoms with Gasteiger partial charge >= 0.3 is 12.1 Å². The molecule has 1 amide bonds. The van der Waals surface area contributed by atoms with Crippen molar-refractivity contribution in [2.24, 2.45) is 0 Å². The molecule has 23 heavy (non-hydrogen) atoms. The Hall–Kier alpha value is -1.82. The van der Waals surface area contributed by atoms with Gasteiger partial charge in [-0.1, -0.05) is 17.7 Å². The van der Waals surface area contributed by atoms with Crippen LogP contribution in [-0.4, -0.2) is 33.7 Å². The van der Waals surface area contributed by atoms with Crippen molar-refractivity contribution in [2.45, 2.75) is 52.3 Å². The maximum absolute atomic E-state index is 14.2. The molecule has 0 aliphatic heterocycles. The third kappa shape index (κ3) is 5.10. The van der Waals surface area contributed by atoms with E-state index in [1.165, 1.54) is 12.1 Å². The third-order valence-electron chi connectivity index (χ3n) is 2.93. The zero-order chi connectivity index (χ0) is 17.9. The van der Waals surface area contributed by atoms with Crippen LogP contribution in [0, 0.1) is 5.82 Å². The fourth-order valence-electron chi connectivity index (χ4n) is 2.05. The second-order valence-corrected chi connectivity index (χ2v) is 6.82. The molecular formula is C16H21ClFNO4. The molecule has 0 saturated carbocycles. The van der Waals surface area contributed by atoms with Crippen LogP contribution in [0.1, 0.15) is 46.2 Å². The highest BCUT2D eigenvalue weighted by Crippen LogP contribution is 2.29. The highest BCUT2D eigenvalue weighted by molar-refractivity contribution is 6.30. The molecule has 0 bridgehead atoms. The van der Waals surface area contributed by atoms with Crippen molar-refractivity contribution >= 4 is 23.7 Å². The lowest BCUT2D eigenvalue weighted by Gasteiger charge is -2.34. The number of carboxylic acid groups (broad SMARTS) is 1. The molecule has 1 atom stereocenters. The van der Waals surface area contributed by atoms with Gasteiger partial charge < -0.3 is 9.84 Å². The summed E-state index contributed by atoms with van der Waals surface area (Å²) in [5.74, 6) is -2.15. The first-order chi connectivity index (χ1) is 10.4. The summed E-state index contributed by atoms with van der Waals surface area (Å²) in [4.78, 5) is 25.1. The average Bonchev–Trinajstić information content (AvgIpc) is 2.33. The van der Waals surface area contributed by atoms with Crippen LogP contribution >= 0.6 is 11.6 Å². The van der Waals surface area contributed by atoms with E-state index in [9.17, 15) is 19.1 Å². The van der Waals surface area contributed by atoms with Crippen molar-refractivity contribution in [1.82, 2.24) is 4.90 Å². The Labute approximate surface area is 140 Å². The number of carbonyl (C=O) groups excluding carboxylic acids is 1. The molecule has 0 radical (unpaired) electrons. The number of ether oxygens (including phenoxy) is 1. The number of amides is 1. The van der Waals surface area contributed by atoms with Crippen LogP contribution in [0.25, 0.3) is 0 Å². The third-order valence-corrected chi connectivity index (χ3v) is 3.16. The lowest BCUT2D eigenvalue weighted by atomic mass is 10.0. The van der Waals surface area contributed by atoms with Crippen LogP contribution in [0.4, 0.5) is 9.18 Å². The fourth-order valence-corrected chi connectivity index (χ4v) is 2.21. The largest absolute Gasteiger partial charge is 0.479 e. The number of benzene rings is 1. The van der Waals surface area contributed by atoms with Crippen molar-refractivity contribution in [3.63, 3.8) is 0 Å². The number of rotatable bonds is 4. The van der Waals surface area contributed by atoms with Gasteiger partial charge in [0.15, 0.2) is 6.04 Å². The molecule has 0 aliphatic carbocycles. The highest BCUT2D eigenvalue weighted by Gasteiger charge is 2.37. The Morgan fingerprint density at radius 3 is 2.26 bits per heavy atom. The maximum atomic E-state index is 14.2. The van der Waals surface area contributed by atoms with Gasteiger partial charge in [0, 0.05) is 16.6 Å². The van der Waals surface area contributed by atoms with E-state index in [-0.39, 0.29) is 10.6 Å².